The van der Waals surface area contributed by atoms with Crippen LogP contribution in [0.4, 0.5) is 4.39 Å². The van der Waals surface area contributed by atoms with E-state index in [-0.39, 0.29) is 18.1 Å². The molecule has 0 amide bonds. The third kappa shape index (κ3) is 2.57. The zero-order valence-corrected chi connectivity index (χ0v) is 12.0. The number of benzene rings is 1. The Hall–Kier alpha value is -2.17. The molecule has 2 rings (SSSR count). The number of nitrogens with zero attached hydrogens (tertiary/aromatic N) is 2. The number of rotatable bonds is 4. The molecular formula is C15H17FN2O2. The van der Waals surface area contributed by atoms with Crippen molar-refractivity contribution in [3.8, 4) is 5.75 Å². The van der Waals surface area contributed by atoms with Gasteiger partial charge in [-0.2, -0.15) is 5.10 Å². The quantitative estimate of drug-likeness (QED) is 0.807. The molecule has 1 heterocycles. The summed E-state index contributed by atoms with van der Waals surface area (Å²) in [6.07, 6.45) is 0. The Morgan fingerprint density at radius 3 is 2.55 bits per heavy atom. The summed E-state index contributed by atoms with van der Waals surface area (Å²) in [5, 5.41) is 4.31. The number of aromatic nitrogens is 2. The largest absolute Gasteiger partial charge is 0.494 e. The predicted octanol–water partition coefficient (Wildman–Crippen LogP) is 2.84. The monoisotopic (exact) mass is 276 g/mol. The van der Waals surface area contributed by atoms with Crippen LogP contribution in [-0.2, 0) is 6.54 Å². The van der Waals surface area contributed by atoms with Crippen LogP contribution in [0, 0.1) is 26.6 Å². The highest BCUT2D eigenvalue weighted by Crippen LogP contribution is 2.19. The van der Waals surface area contributed by atoms with E-state index in [1.54, 1.807) is 10.7 Å². The van der Waals surface area contributed by atoms with Crippen molar-refractivity contribution in [2.24, 2.45) is 0 Å². The molecule has 1 aromatic heterocycles. The maximum atomic E-state index is 13.6. The molecule has 0 bridgehead atoms. The summed E-state index contributed by atoms with van der Waals surface area (Å²) in [5.41, 5.74) is 3.23. The third-order valence-corrected chi connectivity index (χ3v) is 3.51. The van der Waals surface area contributed by atoms with Crippen LogP contribution in [0.5, 0.6) is 5.75 Å². The number of carbonyl (C=O) groups excluding carboxylic acids is 1. The Bertz CT molecular complexity index is 662. The van der Waals surface area contributed by atoms with Gasteiger partial charge in [0, 0.05) is 11.3 Å². The lowest BCUT2D eigenvalue weighted by atomic mass is 10.1. The van der Waals surface area contributed by atoms with Crippen LogP contribution < -0.4 is 4.74 Å². The Kier molecular flexibility index (Phi) is 3.88. The molecule has 0 spiro atoms. The number of carbonyl (C=O) groups is 1. The molecule has 2 aromatic rings. The summed E-state index contributed by atoms with van der Waals surface area (Å²) in [7, 11) is 1.39. The van der Waals surface area contributed by atoms with Crippen LogP contribution in [-0.4, -0.2) is 22.7 Å². The second kappa shape index (κ2) is 5.45. The number of hydrogen-bond donors (Lipinski definition) is 0. The SMILES string of the molecule is COc1ccc(C(=O)Cn2nc(C)c(C)c2C)cc1F. The van der Waals surface area contributed by atoms with Crippen LogP contribution in [0.3, 0.4) is 0 Å². The number of ketones is 1. The molecule has 0 saturated carbocycles. The summed E-state index contributed by atoms with van der Waals surface area (Å²) in [6.45, 7) is 5.88. The van der Waals surface area contributed by atoms with Gasteiger partial charge in [-0.15, -0.1) is 0 Å². The first kappa shape index (κ1) is 14.2. The molecule has 1 aromatic carbocycles. The fourth-order valence-corrected chi connectivity index (χ4v) is 2.01. The number of ether oxygens (including phenoxy) is 1. The minimum absolute atomic E-state index is 0.103. The summed E-state index contributed by atoms with van der Waals surface area (Å²) in [6, 6.07) is 4.21. The van der Waals surface area contributed by atoms with Gasteiger partial charge in [-0.3, -0.25) is 9.48 Å². The van der Waals surface area contributed by atoms with Gasteiger partial charge in [0.2, 0.25) is 0 Å². The van der Waals surface area contributed by atoms with E-state index in [2.05, 4.69) is 5.10 Å². The van der Waals surface area contributed by atoms with Crippen molar-refractivity contribution in [2.45, 2.75) is 27.3 Å². The second-order valence-corrected chi connectivity index (χ2v) is 4.73. The van der Waals surface area contributed by atoms with Crippen LogP contribution >= 0.6 is 0 Å². The molecule has 0 radical (unpaired) electrons. The molecule has 5 heteroatoms. The highest BCUT2D eigenvalue weighted by Gasteiger charge is 2.14. The smallest absolute Gasteiger partial charge is 0.184 e. The van der Waals surface area contributed by atoms with Gasteiger partial charge in [0.25, 0.3) is 0 Å². The minimum Gasteiger partial charge on any atom is -0.494 e. The second-order valence-electron chi connectivity index (χ2n) is 4.73. The molecule has 106 valence electrons. The molecule has 0 N–H and O–H groups in total. The van der Waals surface area contributed by atoms with Crippen molar-refractivity contribution in [2.75, 3.05) is 7.11 Å². The normalized spacial score (nSPS) is 10.7. The minimum atomic E-state index is -0.539. The summed E-state index contributed by atoms with van der Waals surface area (Å²) in [5.74, 6) is -0.594. The van der Waals surface area contributed by atoms with Crippen LogP contribution in [0.1, 0.15) is 27.3 Å². The van der Waals surface area contributed by atoms with Gasteiger partial charge in [-0.05, 0) is 44.5 Å². The van der Waals surface area contributed by atoms with Gasteiger partial charge in [-0.25, -0.2) is 4.39 Å². The molecule has 0 fully saturated rings. The van der Waals surface area contributed by atoms with Gasteiger partial charge in [0.05, 0.1) is 12.8 Å². The molecule has 0 unspecified atom stereocenters. The number of halogens is 1. The van der Waals surface area contributed by atoms with Gasteiger partial charge in [0.15, 0.2) is 17.3 Å². The van der Waals surface area contributed by atoms with Gasteiger partial charge in [-0.1, -0.05) is 0 Å². The van der Waals surface area contributed by atoms with Gasteiger partial charge >= 0.3 is 0 Å². The van der Waals surface area contributed by atoms with E-state index in [4.69, 9.17) is 4.74 Å². The first-order valence-corrected chi connectivity index (χ1v) is 6.31. The fourth-order valence-electron chi connectivity index (χ4n) is 2.01. The maximum Gasteiger partial charge on any atom is 0.184 e. The first-order valence-electron chi connectivity index (χ1n) is 6.31. The third-order valence-electron chi connectivity index (χ3n) is 3.51. The lowest BCUT2D eigenvalue weighted by Gasteiger charge is -2.06. The lowest BCUT2D eigenvalue weighted by molar-refractivity contribution is 0.0966. The average Bonchev–Trinajstić information content (AvgIpc) is 2.66. The Labute approximate surface area is 117 Å². The summed E-state index contributed by atoms with van der Waals surface area (Å²) < 4.78 is 20.1. The molecule has 0 atom stereocenters. The highest BCUT2D eigenvalue weighted by atomic mass is 19.1. The van der Waals surface area contributed by atoms with E-state index in [0.29, 0.717) is 5.56 Å². The van der Waals surface area contributed by atoms with Crippen molar-refractivity contribution < 1.29 is 13.9 Å². The summed E-state index contributed by atoms with van der Waals surface area (Å²) >= 11 is 0. The van der Waals surface area contributed by atoms with Crippen LogP contribution in [0.2, 0.25) is 0 Å². The highest BCUT2D eigenvalue weighted by molar-refractivity contribution is 5.96. The topological polar surface area (TPSA) is 44.1 Å². The average molecular weight is 276 g/mol. The van der Waals surface area contributed by atoms with E-state index in [1.807, 2.05) is 20.8 Å². The van der Waals surface area contributed by atoms with Crippen molar-refractivity contribution in [3.05, 3.63) is 46.5 Å². The maximum absolute atomic E-state index is 13.6. The zero-order chi connectivity index (χ0) is 14.9. The van der Waals surface area contributed by atoms with Crippen molar-refractivity contribution in [3.63, 3.8) is 0 Å². The van der Waals surface area contributed by atoms with Gasteiger partial charge < -0.3 is 4.74 Å². The van der Waals surface area contributed by atoms with Crippen molar-refractivity contribution in [1.29, 1.82) is 0 Å². The molecule has 0 aliphatic heterocycles. The van der Waals surface area contributed by atoms with Crippen molar-refractivity contribution in [1.82, 2.24) is 9.78 Å². The molecule has 0 saturated heterocycles. The van der Waals surface area contributed by atoms with E-state index >= 15 is 0 Å². The molecule has 20 heavy (non-hydrogen) atoms. The molecule has 0 aliphatic carbocycles. The fraction of sp³-hybridized carbons (Fsp3) is 0.333. The van der Waals surface area contributed by atoms with E-state index < -0.39 is 5.82 Å². The van der Waals surface area contributed by atoms with Crippen molar-refractivity contribution >= 4 is 5.78 Å². The van der Waals surface area contributed by atoms with Crippen LogP contribution in [0.15, 0.2) is 18.2 Å². The molecular weight excluding hydrogens is 259 g/mol. The number of aryl methyl sites for hydroxylation is 1. The van der Waals surface area contributed by atoms with E-state index in [9.17, 15) is 9.18 Å². The van der Waals surface area contributed by atoms with Gasteiger partial charge in [0.1, 0.15) is 6.54 Å². The predicted molar refractivity (Wildman–Crippen MR) is 73.7 cm³/mol. The Morgan fingerprint density at radius 1 is 1.35 bits per heavy atom. The zero-order valence-electron chi connectivity index (χ0n) is 12.0. The number of methoxy groups -OCH3 is 1. The van der Waals surface area contributed by atoms with Crippen LogP contribution in [0.25, 0.3) is 0 Å². The molecule has 4 nitrogen and oxygen atoms in total. The first-order chi connectivity index (χ1) is 9.43. The van der Waals surface area contributed by atoms with E-state index in [0.717, 1.165) is 17.0 Å². The standard InChI is InChI=1S/C15H17FN2O2/c1-9-10(2)17-18(11(9)3)8-14(19)12-5-6-15(20-4)13(16)7-12/h5-7H,8H2,1-4H3. The number of hydrogen-bond acceptors (Lipinski definition) is 3. The number of Topliss-reactive ketones (excluding diaryl/α,β-unsaturated/α-hetero) is 1. The molecule has 0 aliphatic rings. The Morgan fingerprint density at radius 2 is 2.05 bits per heavy atom. The Balaban J connectivity index is 2.24. The lowest BCUT2D eigenvalue weighted by Crippen LogP contribution is -2.13. The summed E-state index contributed by atoms with van der Waals surface area (Å²) in [4.78, 5) is 12.2. The van der Waals surface area contributed by atoms with E-state index in [1.165, 1.54) is 19.2 Å².